The minimum Gasteiger partial charge on any atom is -0.470 e. The van der Waals surface area contributed by atoms with Gasteiger partial charge in [-0.1, -0.05) is 32.0 Å². The van der Waals surface area contributed by atoms with Crippen molar-refractivity contribution >= 4 is 23.7 Å². The number of nitrogens with zero attached hydrogens (tertiary/aromatic N) is 3. The predicted octanol–water partition coefficient (Wildman–Crippen LogP) is 4.86. The van der Waals surface area contributed by atoms with Gasteiger partial charge in [-0.25, -0.2) is 13.9 Å². The van der Waals surface area contributed by atoms with Gasteiger partial charge in [0, 0.05) is 24.7 Å². The number of fused-ring (bicyclic) bond motifs is 1. The number of hydrogen-bond donors (Lipinski definition) is 2. The van der Waals surface area contributed by atoms with E-state index in [1.54, 1.807) is 22.8 Å². The van der Waals surface area contributed by atoms with Crippen LogP contribution >= 0.6 is 12.4 Å². The molecule has 1 aromatic carbocycles. The maximum Gasteiger partial charge on any atom is 0.573 e. The van der Waals surface area contributed by atoms with E-state index in [0.29, 0.717) is 29.9 Å². The SMILES string of the molecule is CC(C)c1cnc2c(NCc3ccccc3OC(F)(F)F)cc(OC3CCNCC3F)nn12.Cl. The van der Waals surface area contributed by atoms with Gasteiger partial charge in [-0.3, -0.25) is 0 Å². The van der Waals surface area contributed by atoms with E-state index in [-0.39, 0.29) is 43.0 Å². The van der Waals surface area contributed by atoms with Gasteiger partial charge in [-0.2, -0.15) is 0 Å². The summed E-state index contributed by atoms with van der Waals surface area (Å²) in [7, 11) is 0. The third-order valence-corrected chi connectivity index (χ3v) is 5.35. The number of piperidine rings is 1. The van der Waals surface area contributed by atoms with Crippen LogP contribution in [0, 0.1) is 0 Å². The van der Waals surface area contributed by atoms with Crippen molar-refractivity contribution in [2.45, 2.75) is 51.4 Å². The van der Waals surface area contributed by atoms with Crippen LogP contribution in [-0.2, 0) is 6.54 Å². The number of anilines is 1. The number of aromatic nitrogens is 3. The Morgan fingerprint density at radius 1 is 1.26 bits per heavy atom. The second-order valence-corrected chi connectivity index (χ2v) is 8.14. The van der Waals surface area contributed by atoms with E-state index < -0.39 is 18.6 Å². The minimum absolute atomic E-state index is 0. The first-order chi connectivity index (χ1) is 15.7. The molecule has 1 aliphatic heterocycles. The standard InChI is InChI=1S/C22H25F4N5O2.ClH/c1-13(2)17-12-29-21-16(28-10-14-5-3-4-6-18(14)33-22(24,25)26)9-20(30-31(17)21)32-19-7-8-27-11-15(19)23;/h3-6,9,12-13,15,19,27-28H,7-8,10-11H2,1-2H3;1H. The molecule has 1 saturated heterocycles. The van der Waals surface area contributed by atoms with Gasteiger partial charge >= 0.3 is 6.36 Å². The molecule has 2 N–H and O–H groups in total. The summed E-state index contributed by atoms with van der Waals surface area (Å²) in [5.41, 5.74) is 2.12. The molecule has 2 aromatic heterocycles. The molecule has 7 nitrogen and oxygen atoms in total. The topological polar surface area (TPSA) is 72.7 Å². The maximum atomic E-state index is 14.3. The van der Waals surface area contributed by atoms with Crippen LogP contribution in [0.3, 0.4) is 0 Å². The van der Waals surface area contributed by atoms with E-state index >= 15 is 0 Å². The predicted molar refractivity (Wildman–Crippen MR) is 122 cm³/mol. The smallest absolute Gasteiger partial charge is 0.470 e. The zero-order chi connectivity index (χ0) is 23.6. The van der Waals surface area contributed by atoms with Crippen molar-refractivity contribution in [3.63, 3.8) is 0 Å². The fourth-order valence-electron chi connectivity index (χ4n) is 3.69. The minimum atomic E-state index is -4.80. The number of halogens is 5. The van der Waals surface area contributed by atoms with E-state index in [0.717, 1.165) is 5.69 Å². The zero-order valence-electron chi connectivity index (χ0n) is 18.6. The van der Waals surface area contributed by atoms with Crippen molar-refractivity contribution < 1.29 is 27.0 Å². The zero-order valence-corrected chi connectivity index (χ0v) is 19.4. The third-order valence-electron chi connectivity index (χ3n) is 5.35. The second-order valence-electron chi connectivity index (χ2n) is 8.14. The first kappa shape index (κ1) is 25.8. The van der Waals surface area contributed by atoms with Crippen LogP contribution in [0.4, 0.5) is 23.2 Å². The first-order valence-electron chi connectivity index (χ1n) is 10.7. The molecule has 34 heavy (non-hydrogen) atoms. The summed E-state index contributed by atoms with van der Waals surface area (Å²) in [6.45, 7) is 4.85. The van der Waals surface area contributed by atoms with Crippen LogP contribution < -0.4 is 20.1 Å². The number of rotatable bonds is 7. The Hall–Kier alpha value is -2.79. The van der Waals surface area contributed by atoms with Gasteiger partial charge in [-0.15, -0.1) is 30.7 Å². The van der Waals surface area contributed by atoms with E-state index in [4.69, 9.17) is 4.74 Å². The molecule has 1 fully saturated rings. The van der Waals surface area contributed by atoms with Crippen molar-refractivity contribution in [3.05, 3.63) is 47.8 Å². The summed E-state index contributed by atoms with van der Waals surface area (Å²) in [6.07, 6.45) is -4.44. The van der Waals surface area contributed by atoms with Crippen molar-refractivity contribution in [1.82, 2.24) is 19.9 Å². The molecule has 2 unspecified atom stereocenters. The molecule has 0 aliphatic carbocycles. The number of hydrogen-bond acceptors (Lipinski definition) is 6. The molecule has 3 heterocycles. The van der Waals surface area contributed by atoms with Gasteiger partial charge in [0.25, 0.3) is 0 Å². The van der Waals surface area contributed by atoms with Gasteiger partial charge in [0.05, 0.1) is 17.6 Å². The van der Waals surface area contributed by atoms with Gasteiger partial charge in [0.1, 0.15) is 18.0 Å². The Labute approximate surface area is 200 Å². The normalized spacial score (nSPS) is 18.6. The van der Waals surface area contributed by atoms with Crippen LogP contribution in [0.2, 0.25) is 0 Å². The molecule has 3 aromatic rings. The maximum absolute atomic E-state index is 14.3. The lowest BCUT2D eigenvalue weighted by molar-refractivity contribution is -0.274. The second kappa shape index (κ2) is 10.6. The summed E-state index contributed by atoms with van der Waals surface area (Å²) in [4.78, 5) is 4.42. The van der Waals surface area contributed by atoms with E-state index in [9.17, 15) is 17.6 Å². The highest BCUT2D eigenvalue weighted by Crippen LogP contribution is 2.29. The van der Waals surface area contributed by atoms with E-state index in [1.165, 1.54) is 18.2 Å². The quantitative estimate of drug-likeness (QED) is 0.448. The average Bonchev–Trinajstić information content (AvgIpc) is 3.18. The Morgan fingerprint density at radius 3 is 2.74 bits per heavy atom. The lowest BCUT2D eigenvalue weighted by atomic mass is 10.1. The van der Waals surface area contributed by atoms with Crippen molar-refractivity contribution in [2.24, 2.45) is 0 Å². The van der Waals surface area contributed by atoms with Crippen LogP contribution in [0.15, 0.2) is 36.5 Å². The van der Waals surface area contributed by atoms with E-state index in [1.807, 2.05) is 13.8 Å². The molecule has 0 saturated carbocycles. The molecule has 0 radical (unpaired) electrons. The number of benzene rings is 1. The highest BCUT2D eigenvalue weighted by atomic mass is 35.5. The molecule has 4 rings (SSSR count). The number of ether oxygens (including phenoxy) is 2. The molecule has 12 heteroatoms. The fourth-order valence-corrected chi connectivity index (χ4v) is 3.69. The van der Waals surface area contributed by atoms with Crippen LogP contribution in [0.5, 0.6) is 11.6 Å². The largest absolute Gasteiger partial charge is 0.573 e. The molecular weight excluding hydrogens is 478 g/mol. The first-order valence-corrected chi connectivity index (χ1v) is 10.7. The molecule has 186 valence electrons. The van der Waals surface area contributed by atoms with Crippen molar-refractivity contribution in [1.29, 1.82) is 0 Å². The van der Waals surface area contributed by atoms with Crippen LogP contribution in [-0.4, -0.2) is 46.3 Å². The number of alkyl halides is 4. The lowest BCUT2D eigenvalue weighted by Gasteiger charge is -2.27. The Kier molecular flexibility index (Phi) is 8.09. The van der Waals surface area contributed by atoms with Gasteiger partial charge in [0.15, 0.2) is 5.65 Å². The number of nitrogens with one attached hydrogen (secondary N) is 2. The molecule has 0 amide bonds. The monoisotopic (exact) mass is 503 g/mol. The summed E-state index contributed by atoms with van der Waals surface area (Å²) in [5, 5.41) is 10.6. The van der Waals surface area contributed by atoms with Gasteiger partial charge < -0.3 is 20.1 Å². The van der Waals surface area contributed by atoms with Crippen molar-refractivity contribution in [2.75, 3.05) is 18.4 Å². The Bertz CT molecular complexity index is 1110. The van der Waals surface area contributed by atoms with Crippen LogP contribution in [0.25, 0.3) is 5.65 Å². The lowest BCUT2D eigenvalue weighted by Crippen LogP contribution is -2.44. The van der Waals surface area contributed by atoms with Gasteiger partial charge in [0.2, 0.25) is 5.88 Å². The Morgan fingerprint density at radius 2 is 2.03 bits per heavy atom. The van der Waals surface area contributed by atoms with Gasteiger partial charge in [-0.05, 0) is 24.9 Å². The van der Waals surface area contributed by atoms with E-state index in [2.05, 4.69) is 25.5 Å². The average molecular weight is 504 g/mol. The fraction of sp³-hybridized carbons (Fsp3) is 0.455. The molecular formula is C22H26ClF4N5O2. The summed E-state index contributed by atoms with van der Waals surface area (Å²) < 4.78 is 64.2. The summed E-state index contributed by atoms with van der Waals surface area (Å²) in [5.74, 6) is 0.0174. The molecule has 1 aliphatic rings. The molecule has 0 bridgehead atoms. The molecule has 0 spiro atoms. The van der Waals surface area contributed by atoms with Crippen LogP contribution in [0.1, 0.15) is 37.4 Å². The third kappa shape index (κ3) is 6.01. The number of para-hydroxylation sites is 1. The summed E-state index contributed by atoms with van der Waals surface area (Å²) in [6, 6.07) is 7.48. The van der Waals surface area contributed by atoms with Crippen molar-refractivity contribution in [3.8, 4) is 11.6 Å². The summed E-state index contributed by atoms with van der Waals surface area (Å²) >= 11 is 0. The Balaban J connectivity index is 0.00000324. The highest BCUT2D eigenvalue weighted by Gasteiger charge is 2.32. The molecule has 2 atom stereocenters. The number of imidazole rings is 1. The highest BCUT2D eigenvalue weighted by molar-refractivity contribution is 5.85.